The lowest BCUT2D eigenvalue weighted by molar-refractivity contribution is -0.0431. The van der Waals surface area contributed by atoms with Crippen molar-refractivity contribution in [2.75, 3.05) is 46.5 Å². The van der Waals surface area contributed by atoms with Gasteiger partial charge >= 0.3 is 0 Å². The summed E-state index contributed by atoms with van der Waals surface area (Å²) >= 11 is 0. The van der Waals surface area contributed by atoms with E-state index in [0.29, 0.717) is 25.8 Å². The Morgan fingerprint density at radius 2 is 2.21 bits per heavy atom. The lowest BCUT2D eigenvalue weighted by atomic mass is 10.1. The van der Waals surface area contributed by atoms with Crippen LogP contribution in [0.25, 0.3) is 0 Å². The highest BCUT2D eigenvalue weighted by atomic mass is 16.5. The third-order valence-corrected chi connectivity index (χ3v) is 3.61. The number of ether oxygens (including phenoxy) is 2. The van der Waals surface area contributed by atoms with Crippen LogP contribution in [0.3, 0.4) is 0 Å². The number of aliphatic hydroxyl groups is 1. The molecule has 1 saturated heterocycles. The van der Waals surface area contributed by atoms with Gasteiger partial charge in [-0.1, -0.05) is 6.92 Å². The van der Waals surface area contributed by atoms with E-state index in [2.05, 4.69) is 17.1 Å². The predicted octanol–water partition coefficient (Wildman–Crippen LogP) is 0.473. The van der Waals surface area contributed by atoms with E-state index in [1.165, 1.54) is 12.8 Å². The maximum atomic E-state index is 10.1. The van der Waals surface area contributed by atoms with Crippen LogP contribution in [0.4, 0.5) is 0 Å². The normalized spacial score (nSPS) is 23.5. The number of piperidine rings is 1. The van der Waals surface area contributed by atoms with Gasteiger partial charge in [0.1, 0.15) is 0 Å². The SMILES string of the molecule is CCN(CC(O)COC(C)COC)C1CCCNC1. The van der Waals surface area contributed by atoms with Crippen molar-refractivity contribution < 1.29 is 14.6 Å². The van der Waals surface area contributed by atoms with Crippen LogP contribution in [-0.4, -0.2) is 74.8 Å². The Hall–Kier alpha value is -0.200. The molecule has 0 aliphatic carbocycles. The number of nitrogens with zero attached hydrogens (tertiary/aromatic N) is 1. The molecular formula is C14H30N2O3. The molecule has 19 heavy (non-hydrogen) atoms. The Morgan fingerprint density at radius 3 is 2.79 bits per heavy atom. The Labute approximate surface area is 117 Å². The summed E-state index contributed by atoms with van der Waals surface area (Å²) in [6.45, 7) is 8.85. The molecule has 1 aliphatic heterocycles. The molecule has 1 fully saturated rings. The maximum absolute atomic E-state index is 10.1. The van der Waals surface area contributed by atoms with Crippen molar-refractivity contribution in [2.24, 2.45) is 0 Å². The lowest BCUT2D eigenvalue weighted by Gasteiger charge is -2.35. The fraction of sp³-hybridized carbons (Fsp3) is 1.00. The molecule has 0 aromatic carbocycles. The minimum atomic E-state index is -0.429. The molecule has 5 heteroatoms. The number of aliphatic hydroxyl groups excluding tert-OH is 1. The van der Waals surface area contributed by atoms with Crippen LogP contribution >= 0.6 is 0 Å². The van der Waals surface area contributed by atoms with Gasteiger partial charge in [-0.3, -0.25) is 4.90 Å². The van der Waals surface area contributed by atoms with E-state index in [9.17, 15) is 5.11 Å². The third kappa shape index (κ3) is 6.68. The largest absolute Gasteiger partial charge is 0.389 e. The molecule has 114 valence electrons. The molecule has 0 radical (unpaired) electrons. The van der Waals surface area contributed by atoms with Gasteiger partial charge in [-0.2, -0.15) is 0 Å². The summed E-state index contributed by atoms with van der Waals surface area (Å²) in [6, 6.07) is 0.546. The van der Waals surface area contributed by atoms with Gasteiger partial charge in [0.25, 0.3) is 0 Å². The molecule has 0 bridgehead atoms. The van der Waals surface area contributed by atoms with E-state index in [1.54, 1.807) is 7.11 Å². The van der Waals surface area contributed by atoms with Gasteiger partial charge in [0.2, 0.25) is 0 Å². The quantitative estimate of drug-likeness (QED) is 0.640. The molecule has 0 aromatic rings. The van der Waals surface area contributed by atoms with E-state index in [-0.39, 0.29) is 6.10 Å². The van der Waals surface area contributed by atoms with Crippen molar-refractivity contribution in [3.63, 3.8) is 0 Å². The molecule has 0 saturated carbocycles. The molecule has 0 amide bonds. The first kappa shape index (κ1) is 16.9. The molecular weight excluding hydrogens is 244 g/mol. The van der Waals surface area contributed by atoms with Crippen molar-refractivity contribution in [1.82, 2.24) is 10.2 Å². The Balaban J connectivity index is 2.25. The molecule has 0 aromatic heterocycles. The fourth-order valence-electron chi connectivity index (χ4n) is 2.56. The number of hydrogen-bond donors (Lipinski definition) is 2. The average molecular weight is 274 g/mol. The molecule has 3 unspecified atom stereocenters. The second-order valence-corrected chi connectivity index (χ2v) is 5.34. The highest BCUT2D eigenvalue weighted by molar-refractivity contribution is 4.79. The van der Waals surface area contributed by atoms with Crippen LogP contribution in [0.1, 0.15) is 26.7 Å². The van der Waals surface area contributed by atoms with Crippen molar-refractivity contribution in [2.45, 2.75) is 44.9 Å². The molecule has 2 N–H and O–H groups in total. The third-order valence-electron chi connectivity index (χ3n) is 3.61. The smallest absolute Gasteiger partial charge is 0.0900 e. The number of methoxy groups -OCH3 is 1. The fourth-order valence-corrected chi connectivity index (χ4v) is 2.56. The summed E-state index contributed by atoms with van der Waals surface area (Å²) in [5.41, 5.74) is 0. The van der Waals surface area contributed by atoms with Crippen molar-refractivity contribution in [3.8, 4) is 0 Å². The monoisotopic (exact) mass is 274 g/mol. The van der Waals surface area contributed by atoms with Gasteiger partial charge in [-0.05, 0) is 32.9 Å². The van der Waals surface area contributed by atoms with Gasteiger partial charge < -0.3 is 19.9 Å². The number of rotatable bonds is 9. The first-order valence-electron chi connectivity index (χ1n) is 7.40. The van der Waals surface area contributed by atoms with Crippen LogP contribution < -0.4 is 5.32 Å². The first-order chi connectivity index (χ1) is 9.17. The van der Waals surface area contributed by atoms with E-state index < -0.39 is 6.10 Å². The molecule has 1 rings (SSSR count). The van der Waals surface area contributed by atoms with Crippen molar-refractivity contribution >= 4 is 0 Å². The van der Waals surface area contributed by atoms with Gasteiger partial charge in [0.15, 0.2) is 0 Å². The summed E-state index contributed by atoms with van der Waals surface area (Å²) < 4.78 is 10.6. The van der Waals surface area contributed by atoms with Gasteiger partial charge in [0.05, 0.1) is 25.4 Å². The van der Waals surface area contributed by atoms with E-state index in [4.69, 9.17) is 9.47 Å². The molecule has 5 nitrogen and oxygen atoms in total. The number of likely N-dealkylation sites (N-methyl/N-ethyl adjacent to an activating group) is 1. The summed E-state index contributed by atoms with van der Waals surface area (Å²) in [4.78, 5) is 2.35. The summed E-state index contributed by atoms with van der Waals surface area (Å²) in [5.74, 6) is 0. The van der Waals surface area contributed by atoms with E-state index in [1.807, 2.05) is 6.92 Å². The minimum absolute atomic E-state index is 0.0334. The number of nitrogens with one attached hydrogen (secondary N) is 1. The van der Waals surface area contributed by atoms with E-state index in [0.717, 1.165) is 19.6 Å². The molecule has 1 aliphatic rings. The second kappa shape index (κ2) is 9.66. The number of hydrogen-bond acceptors (Lipinski definition) is 5. The summed E-state index contributed by atoms with van der Waals surface area (Å²) in [6.07, 6.45) is 2.04. The molecule has 3 atom stereocenters. The minimum Gasteiger partial charge on any atom is -0.389 e. The first-order valence-corrected chi connectivity index (χ1v) is 7.40. The zero-order valence-electron chi connectivity index (χ0n) is 12.6. The van der Waals surface area contributed by atoms with Gasteiger partial charge in [-0.25, -0.2) is 0 Å². The summed E-state index contributed by atoms with van der Waals surface area (Å²) in [7, 11) is 1.66. The van der Waals surface area contributed by atoms with E-state index >= 15 is 0 Å². The van der Waals surface area contributed by atoms with Crippen molar-refractivity contribution in [3.05, 3.63) is 0 Å². The van der Waals surface area contributed by atoms with Crippen LogP contribution in [0, 0.1) is 0 Å². The lowest BCUT2D eigenvalue weighted by Crippen LogP contribution is -2.49. The van der Waals surface area contributed by atoms with Crippen LogP contribution in [0.15, 0.2) is 0 Å². The summed E-state index contributed by atoms with van der Waals surface area (Å²) in [5, 5.41) is 13.5. The zero-order valence-corrected chi connectivity index (χ0v) is 12.6. The predicted molar refractivity (Wildman–Crippen MR) is 76.4 cm³/mol. The van der Waals surface area contributed by atoms with Gasteiger partial charge in [-0.15, -0.1) is 0 Å². The van der Waals surface area contributed by atoms with Crippen LogP contribution in [0.5, 0.6) is 0 Å². The Bertz CT molecular complexity index is 223. The molecule has 1 heterocycles. The molecule has 0 spiro atoms. The Kier molecular flexibility index (Phi) is 8.57. The topological polar surface area (TPSA) is 54.0 Å². The second-order valence-electron chi connectivity index (χ2n) is 5.34. The van der Waals surface area contributed by atoms with Crippen LogP contribution in [0.2, 0.25) is 0 Å². The standard InChI is InChI=1S/C14H30N2O3/c1-4-16(13-6-5-7-15-8-13)9-14(17)11-19-12(2)10-18-3/h12-15,17H,4-11H2,1-3H3. The highest BCUT2D eigenvalue weighted by Crippen LogP contribution is 2.11. The zero-order chi connectivity index (χ0) is 14.1. The Morgan fingerprint density at radius 1 is 1.42 bits per heavy atom. The van der Waals surface area contributed by atoms with Crippen LogP contribution in [-0.2, 0) is 9.47 Å². The average Bonchev–Trinajstić information content (AvgIpc) is 2.44. The highest BCUT2D eigenvalue weighted by Gasteiger charge is 2.22. The van der Waals surface area contributed by atoms with Crippen molar-refractivity contribution in [1.29, 1.82) is 0 Å². The maximum Gasteiger partial charge on any atom is 0.0900 e. The van der Waals surface area contributed by atoms with Gasteiger partial charge in [0, 0.05) is 26.2 Å².